The Kier molecular flexibility index (Phi) is 3.12. The summed E-state index contributed by atoms with van der Waals surface area (Å²) in [6, 6.07) is 3.76. The fraction of sp³-hybridized carbons (Fsp3) is 0.462. The van der Waals surface area contributed by atoms with Gasteiger partial charge in [-0.1, -0.05) is 36.2 Å². The lowest BCUT2D eigenvalue weighted by Gasteiger charge is -2.16. The number of rotatable bonds is 1. The highest BCUT2D eigenvalue weighted by Crippen LogP contribution is 2.42. The van der Waals surface area contributed by atoms with Gasteiger partial charge in [0, 0.05) is 5.75 Å². The molecule has 7 heteroatoms. The van der Waals surface area contributed by atoms with Crippen LogP contribution in [0.15, 0.2) is 17.1 Å². The smallest absolute Gasteiger partial charge is 0.161 e. The van der Waals surface area contributed by atoms with Gasteiger partial charge in [-0.25, -0.2) is 0 Å². The van der Waals surface area contributed by atoms with Gasteiger partial charge >= 0.3 is 0 Å². The summed E-state index contributed by atoms with van der Waals surface area (Å²) in [5.41, 5.74) is 2.71. The van der Waals surface area contributed by atoms with Gasteiger partial charge in [-0.05, 0) is 25.0 Å². The first-order valence-corrected chi connectivity index (χ1v) is 8.76. The third-order valence-electron chi connectivity index (χ3n) is 3.96. The predicted octanol–water partition coefficient (Wildman–Crippen LogP) is 4.17. The van der Waals surface area contributed by atoms with Crippen molar-refractivity contribution in [1.82, 2.24) is 8.75 Å². The van der Waals surface area contributed by atoms with Gasteiger partial charge in [0.25, 0.3) is 0 Å². The number of hydrogen-bond acceptors (Lipinski definition) is 6. The van der Waals surface area contributed by atoms with Crippen molar-refractivity contribution in [3.05, 3.63) is 17.2 Å². The average molecular weight is 325 g/mol. The molecule has 2 aromatic rings. The minimum Gasteiger partial charge on any atom is -0.332 e. The van der Waals surface area contributed by atoms with E-state index in [1.165, 1.54) is 37.4 Å². The molecule has 2 heterocycles. The fourth-order valence-electron chi connectivity index (χ4n) is 2.89. The van der Waals surface area contributed by atoms with Gasteiger partial charge in [-0.2, -0.15) is 8.75 Å². The van der Waals surface area contributed by atoms with Gasteiger partial charge in [-0.3, -0.25) is 4.99 Å². The average Bonchev–Trinajstić information content (AvgIpc) is 3.16. The standard InChI is InChI=1S/C13H13ClN4S2/c14-8-3-4-9-11(18-20-17-9)10(8)15-12-16-13(7-19-12)5-1-2-6-13/h3-4H,1-2,5-7H2,(H,15,16). The summed E-state index contributed by atoms with van der Waals surface area (Å²) in [7, 11) is 0. The van der Waals surface area contributed by atoms with E-state index in [-0.39, 0.29) is 5.54 Å². The van der Waals surface area contributed by atoms with E-state index in [2.05, 4.69) is 14.1 Å². The molecule has 2 aliphatic rings. The number of anilines is 1. The molecule has 1 aromatic carbocycles. The van der Waals surface area contributed by atoms with Crippen LogP contribution in [0.4, 0.5) is 5.69 Å². The van der Waals surface area contributed by atoms with Crippen LogP contribution < -0.4 is 5.32 Å². The monoisotopic (exact) mass is 324 g/mol. The van der Waals surface area contributed by atoms with E-state index in [1.807, 2.05) is 12.1 Å². The molecule has 104 valence electrons. The summed E-state index contributed by atoms with van der Waals surface area (Å²) in [4.78, 5) is 4.91. The molecule has 1 spiro atoms. The predicted molar refractivity (Wildman–Crippen MR) is 87.1 cm³/mol. The zero-order valence-corrected chi connectivity index (χ0v) is 13.1. The van der Waals surface area contributed by atoms with Crippen molar-refractivity contribution in [3.63, 3.8) is 0 Å². The van der Waals surface area contributed by atoms with Gasteiger partial charge in [0.05, 0.1) is 28.0 Å². The number of nitrogens with zero attached hydrogens (tertiary/aromatic N) is 3. The zero-order chi connectivity index (χ0) is 13.6. The SMILES string of the molecule is Clc1ccc2nsnc2c1NC1=NC2(CCCC2)CS1. The van der Waals surface area contributed by atoms with Crippen LogP contribution in [-0.2, 0) is 0 Å². The summed E-state index contributed by atoms with van der Waals surface area (Å²) >= 11 is 9.30. The van der Waals surface area contributed by atoms with E-state index in [4.69, 9.17) is 16.6 Å². The van der Waals surface area contributed by atoms with Crippen molar-refractivity contribution in [3.8, 4) is 0 Å². The first kappa shape index (κ1) is 12.9. The van der Waals surface area contributed by atoms with Crippen LogP contribution in [0.3, 0.4) is 0 Å². The Morgan fingerprint density at radius 2 is 2.05 bits per heavy atom. The van der Waals surface area contributed by atoms with Gasteiger partial charge in [-0.15, -0.1) is 0 Å². The number of aliphatic imine (C=N–C) groups is 1. The van der Waals surface area contributed by atoms with E-state index < -0.39 is 0 Å². The van der Waals surface area contributed by atoms with Crippen LogP contribution in [-0.4, -0.2) is 25.2 Å². The van der Waals surface area contributed by atoms with E-state index in [9.17, 15) is 0 Å². The Morgan fingerprint density at radius 3 is 2.90 bits per heavy atom. The topological polar surface area (TPSA) is 50.2 Å². The molecule has 1 aliphatic carbocycles. The highest BCUT2D eigenvalue weighted by atomic mass is 35.5. The summed E-state index contributed by atoms with van der Waals surface area (Å²) in [6.07, 6.45) is 5.01. The van der Waals surface area contributed by atoms with Gasteiger partial charge in [0.15, 0.2) is 5.17 Å². The van der Waals surface area contributed by atoms with Crippen LogP contribution in [0.1, 0.15) is 25.7 Å². The summed E-state index contributed by atoms with van der Waals surface area (Å²) < 4.78 is 8.58. The van der Waals surface area contributed by atoms with Crippen molar-refractivity contribution >= 4 is 57.0 Å². The van der Waals surface area contributed by atoms with Crippen LogP contribution in [0, 0.1) is 0 Å². The number of nitrogens with one attached hydrogen (secondary N) is 1. The van der Waals surface area contributed by atoms with E-state index in [0.717, 1.165) is 27.6 Å². The maximum absolute atomic E-state index is 6.30. The first-order chi connectivity index (χ1) is 9.76. The quantitative estimate of drug-likeness (QED) is 0.855. The van der Waals surface area contributed by atoms with Gasteiger partial charge in [0.1, 0.15) is 11.0 Å². The second-order valence-electron chi connectivity index (χ2n) is 5.32. The van der Waals surface area contributed by atoms with Crippen LogP contribution >= 0.6 is 35.1 Å². The molecule has 0 unspecified atom stereocenters. The molecule has 1 N–H and O–H groups in total. The minimum atomic E-state index is 0.174. The Balaban J connectivity index is 1.68. The number of aromatic nitrogens is 2. The van der Waals surface area contributed by atoms with Gasteiger partial charge in [0.2, 0.25) is 0 Å². The summed E-state index contributed by atoms with van der Waals surface area (Å²) in [5.74, 6) is 1.08. The Morgan fingerprint density at radius 1 is 1.20 bits per heavy atom. The molecular formula is C13H13ClN4S2. The largest absolute Gasteiger partial charge is 0.332 e. The normalized spacial score (nSPS) is 20.8. The van der Waals surface area contributed by atoms with Crippen LogP contribution in [0.5, 0.6) is 0 Å². The minimum absolute atomic E-state index is 0.174. The molecule has 0 radical (unpaired) electrons. The molecule has 1 fully saturated rings. The van der Waals surface area contributed by atoms with Crippen molar-refractivity contribution in [2.75, 3.05) is 11.1 Å². The highest BCUT2D eigenvalue weighted by Gasteiger charge is 2.38. The number of benzene rings is 1. The fourth-order valence-corrected chi connectivity index (χ4v) is 4.82. The summed E-state index contributed by atoms with van der Waals surface area (Å²) in [5, 5.41) is 5.01. The lowest BCUT2D eigenvalue weighted by molar-refractivity contribution is 0.508. The first-order valence-electron chi connectivity index (χ1n) is 6.66. The molecule has 1 aromatic heterocycles. The lowest BCUT2D eigenvalue weighted by atomic mass is 10.0. The second-order valence-corrected chi connectivity index (χ2v) is 7.22. The molecule has 1 saturated carbocycles. The maximum Gasteiger partial charge on any atom is 0.161 e. The Labute approximate surface area is 130 Å². The zero-order valence-electron chi connectivity index (χ0n) is 10.7. The highest BCUT2D eigenvalue weighted by molar-refractivity contribution is 8.14. The van der Waals surface area contributed by atoms with Crippen molar-refractivity contribution < 1.29 is 0 Å². The number of fused-ring (bicyclic) bond motifs is 1. The molecule has 0 amide bonds. The van der Waals surface area contributed by atoms with E-state index in [0.29, 0.717) is 5.02 Å². The second kappa shape index (κ2) is 4.86. The van der Waals surface area contributed by atoms with Crippen molar-refractivity contribution in [2.24, 2.45) is 4.99 Å². The van der Waals surface area contributed by atoms with E-state index in [1.54, 1.807) is 11.8 Å². The van der Waals surface area contributed by atoms with Crippen LogP contribution in [0.2, 0.25) is 5.02 Å². The molecule has 4 nitrogen and oxygen atoms in total. The molecular weight excluding hydrogens is 312 g/mol. The number of halogens is 1. The van der Waals surface area contributed by atoms with Crippen molar-refractivity contribution in [2.45, 2.75) is 31.2 Å². The third-order valence-corrected chi connectivity index (χ3v) is 5.97. The van der Waals surface area contributed by atoms with Crippen LogP contribution in [0.25, 0.3) is 11.0 Å². The maximum atomic E-state index is 6.30. The third kappa shape index (κ3) is 2.10. The summed E-state index contributed by atoms with van der Waals surface area (Å²) in [6.45, 7) is 0. The number of thioether (sulfide) groups is 1. The van der Waals surface area contributed by atoms with Gasteiger partial charge < -0.3 is 5.32 Å². The molecule has 0 bridgehead atoms. The van der Waals surface area contributed by atoms with E-state index >= 15 is 0 Å². The molecule has 0 atom stereocenters. The number of amidine groups is 1. The van der Waals surface area contributed by atoms with Crippen molar-refractivity contribution in [1.29, 1.82) is 0 Å². The Bertz CT molecular complexity index is 691. The molecule has 0 saturated heterocycles. The molecule has 4 rings (SSSR count). The molecule has 20 heavy (non-hydrogen) atoms. The molecule has 1 aliphatic heterocycles. The lowest BCUT2D eigenvalue weighted by Crippen LogP contribution is -2.21. The Hall–Kier alpha value is -0.850. The number of hydrogen-bond donors (Lipinski definition) is 1.